The van der Waals surface area contributed by atoms with Crippen LogP contribution >= 0.6 is 0 Å². The molecule has 0 saturated heterocycles. The summed E-state index contributed by atoms with van der Waals surface area (Å²) in [6.45, 7) is 6.76. The zero-order valence-corrected chi connectivity index (χ0v) is 21.0. The van der Waals surface area contributed by atoms with Crippen LogP contribution in [0.4, 0.5) is 0 Å². The first-order valence-corrected chi connectivity index (χ1v) is 12.5. The second kappa shape index (κ2) is 14.5. The lowest BCUT2D eigenvalue weighted by atomic mass is 9.87. The molecule has 0 bridgehead atoms. The smallest absolute Gasteiger partial charge is 0.120 e. The lowest BCUT2D eigenvalue weighted by Crippen LogP contribution is -2.51. The Kier molecular flexibility index (Phi) is 11.0. The van der Waals surface area contributed by atoms with E-state index in [2.05, 4.69) is 22.9 Å². The van der Waals surface area contributed by atoms with Gasteiger partial charge in [-0.25, -0.2) is 0 Å². The van der Waals surface area contributed by atoms with Crippen molar-refractivity contribution in [2.45, 2.75) is 33.0 Å². The molecule has 0 radical (unpaired) electrons. The fourth-order valence-corrected chi connectivity index (χ4v) is 4.14. The van der Waals surface area contributed by atoms with Crippen LogP contribution in [0.1, 0.15) is 30.0 Å². The molecule has 194 valence electrons. The number of nitrogens with one attached hydrogen (secondary N) is 3. The van der Waals surface area contributed by atoms with E-state index in [9.17, 15) is 15.3 Å². The highest BCUT2D eigenvalue weighted by Gasteiger charge is 2.30. The van der Waals surface area contributed by atoms with Gasteiger partial charge >= 0.3 is 0 Å². The minimum Gasteiger partial charge on any atom is -0.508 e. The van der Waals surface area contributed by atoms with Gasteiger partial charge in [0.05, 0.1) is 6.61 Å². The molecule has 0 aliphatic carbocycles. The topological polar surface area (TPSA) is 106 Å². The molecule has 3 aromatic carbocycles. The van der Waals surface area contributed by atoms with Crippen molar-refractivity contribution in [1.82, 2.24) is 16.0 Å². The molecule has 3 rings (SSSR count). The van der Waals surface area contributed by atoms with Crippen LogP contribution in [-0.4, -0.2) is 48.2 Å². The predicted octanol–water partition coefficient (Wildman–Crippen LogP) is 3.89. The molecule has 0 heterocycles. The van der Waals surface area contributed by atoms with Gasteiger partial charge in [0.2, 0.25) is 0 Å². The van der Waals surface area contributed by atoms with Crippen molar-refractivity contribution in [1.29, 1.82) is 0 Å². The van der Waals surface area contributed by atoms with Crippen LogP contribution in [-0.2, 0) is 24.4 Å². The summed E-state index contributed by atoms with van der Waals surface area (Å²) >= 11 is 0. The number of phenols is 3. The molecular weight excluding hydrogens is 454 g/mol. The second-order valence-electron chi connectivity index (χ2n) is 9.25. The van der Waals surface area contributed by atoms with Crippen molar-refractivity contribution >= 4 is 0 Å². The standard InChI is InChI=1S/C29H39N3O4/c1-2-15-36-22-29(19-30-16-23-9-3-6-12-26(23)33,20-31-17-24-10-4-7-13-27(24)34)21-32-18-25-11-5-8-14-28(25)35/h3-14,30-35H,2,15-22H2,1H3. The molecule has 0 atom stereocenters. The Labute approximate surface area is 214 Å². The van der Waals surface area contributed by atoms with Crippen molar-refractivity contribution in [3.63, 3.8) is 0 Å². The first-order valence-electron chi connectivity index (χ1n) is 12.5. The number of phenolic OH excluding ortho intramolecular Hbond substituents is 3. The molecule has 0 spiro atoms. The average Bonchev–Trinajstić information content (AvgIpc) is 2.88. The van der Waals surface area contributed by atoms with Gasteiger partial charge in [0, 0.05) is 68.0 Å². The van der Waals surface area contributed by atoms with Gasteiger partial charge in [-0.15, -0.1) is 0 Å². The maximum absolute atomic E-state index is 10.2. The SMILES string of the molecule is CCCOCC(CNCc1ccccc1O)(CNCc1ccccc1O)CNCc1ccccc1O. The van der Waals surface area contributed by atoms with Crippen molar-refractivity contribution in [2.75, 3.05) is 32.8 Å². The third-order valence-electron chi connectivity index (χ3n) is 6.18. The Morgan fingerprint density at radius 3 is 1.31 bits per heavy atom. The van der Waals surface area contributed by atoms with E-state index < -0.39 is 0 Å². The predicted molar refractivity (Wildman–Crippen MR) is 143 cm³/mol. The van der Waals surface area contributed by atoms with Gasteiger partial charge in [-0.1, -0.05) is 61.5 Å². The zero-order chi connectivity index (χ0) is 25.6. The van der Waals surface area contributed by atoms with Gasteiger partial charge in [-0.2, -0.15) is 0 Å². The number of hydrogen-bond donors (Lipinski definition) is 6. The number of rotatable bonds is 16. The van der Waals surface area contributed by atoms with Crippen LogP contribution in [0.2, 0.25) is 0 Å². The van der Waals surface area contributed by atoms with E-state index in [0.717, 1.165) is 23.1 Å². The summed E-state index contributed by atoms with van der Waals surface area (Å²) < 4.78 is 6.06. The van der Waals surface area contributed by atoms with E-state index in [1.165, 1.54) is 0 Å². The Bertz CT molecular complexity index is 935. The molecule has 0 aliphatic heterocycles. The Morgan fingerprint density at radius 1 is 0.611 bits per heavy atom. The number of ether oxygens (including phenoxy) is 1. The molecular formula is C29H39N3O4. The lowest BCUT2D eigenvalue weighted by molar-refractivity contribution is 0.0418. The van der Waals surface area contributed by atoms with Gasteiger partial charge in [0.25, 0.3) is 0 Å². The zero-order valence-electron chi connectivity index (χ0n) is 21.0. The van der Waals surface area contributed by atoms with Crippen LogP contribution in [0, 0.1) is 5.41 Å². The maximum atomic E-state index is 10.2. The first kappa shape index (κ1) is 27.5. The summed E-state index contributed by atoms with van der Waals surface area (Å²) in [6.07, 6.45) is 0.929. The van der Waals surface area contributed by atoms with Crippen molar-refractivity contribution in [2.24, 2.45) is 5.41 Å². The summed E-state index contributed by atoms with van der Waals surface area (Å²) in [5.41, 5.74) is 2.19. The monoisotopic (exact) mass is 493 g/mol. The molecule has 36 heavy (non-hydrogen) atoms. The molecule has 7 heteroatoms. The summed E-state index contributed by atoms with van der Waals surface area (Å²) in [6, 6.07) is 22.0. The van der Waals surface area contributed by atoms with E-state index in [4.69, 9.17) is 4.74 Å². The Balaban J connectivity index is 1.71. The molecule has 0 fully saturated rings. The van der Waals surface area contributed by atoms with Crippen LogP contribution in [0.15, 0.2) is 72.8 Å². The van der Waals surface area contributed by atoms with E-state index >= 15 is 0 Å². The molecule has 0 aromatic heterocycles. The number of benzene rings is 3. The van der Waals surface area contributed by atoms with Gasteiger partial charge in [-0.05, 0) is 24.6 Å². The summed E-state index contributed by atoms with van der Waals surface area (Å²) in [5, 5.41) is 41.0. The molecule has 0 saturated carbocycles. The van der Waals surface area contributed by atoms with Gasteiger partial charge in [0.15, 0.2) is 0 Å². The largest absolute Gasteiger partial charge is 0.508 e. The summed E-state index contributed by atoms with van der Waals surface area (Å²) in [5.74, 6) is 0.814. The van der Waals surface area contributed by atoms with E-state index in [0.29, 0.717) is 52.5 Å². The van der Waals surface area contributed by atoms with Crippen molar-refractivity contribution in [3.05, 3.63) is 89.5 Å². The quantitative estimate of drug-likeness (QED) is 0.168. The van der Waals surface area contributed by atoms with Crippen molar-refractivity contribution < 1.29 is 20.1 Å². The van der Waals surface area contributed by atoms with E-state index in [-0.39, 0.29) is 22.7 Å². The average molecular weight is 494 g/mol. The number of hydrogen-bond acceptors (Lipinski definition) is 7. The highest BCUT2D eigenvalue weighted by molar-refractivity contribution is 5.33. The third-order valence-corrected chi connectivity index (χ3v) is 6.18. The van der Waals surface area contributed by atoms with Gasteiger partial charge < -0.3 is 36.0 Å². The van der Waals surface area contributed by atoms with E-state index in [1.807, 2.05) is 54.6 Å². The fraction of sp³-hybridized carbons (Fsp3) is 0.379. The maximum Gasteiger partial charge on any atom is 0.120 e. The van der Waals surface area contributed by atoms with Crippen molar-refractivity contribution in [3.8, 4) is 17.2 Å². The fourth-order valence-electron chi connectivity index (χ4n) is 4.14. The molecule has 0 aliphatic rings. The molecule has 0 unspecified atom stereocenters. The lowest BCUT2D eigenvalue weighted by Gasteiger charge is -2.35. The molecule has 0 amide bonds. The van der Waals surface area contributed by atoms with Gasteiger partial charge in [0.1, 0.15) is 17.2 Å². The highest BCUT2D eigenvalue weighted by atomic mass is 16.5. The van der Waals surface area contributed by atoms with Crippen LogP contribution < -0.4 is 16.0 Å². The number of aromatic hydroxyl groups is 3. The minimum atomic E-state index is -0.325. The summed E-state index contributed by atoms with van der Waals surface area (Å²) in [7, 11) is 0. The van der Waals surface area contributed by atoms with Crippen LogP contribution in [0.3, 0.4) is 0 Å². The third kappa shape index (κ3) is 8.53. The Hall–Kier alpha value is -3.10. The molecule has 6 N–H and O–H groups in total. The second-order valence-corrected chi connectivity index (χ2v) is 9.25. The summed E-state index contributed by atoms with van der Waals surface area (Å²) in [4.78, 5) is 0. The van der Waals surface area contributed by atoms with Gasteiger partial charge in [-0.3, -0.25) is 0 Å². The minimum absolute atomic E-state index is 0.271. The molecule has 7 nitrogen and oxygen atoms in total. The number of para-hydroxylation sites is 3. The molecule has 3 aromatic rings. The first-order chi connectivity index (χ1) is 17.5. The Morgan fingerprint density at radius 2 is 0.972 bits per heavy atom. The van der Waals surface area contributed by atoms with Crippen LogP contribution in [0.25, 0.3) is 0 Å². The normalized spacial score (nSPS) is 11.6. The van der Waals surface area contributed by atoms with Crippen LogP contribution in [0.5, 0.6) is 17.2 Å². The van der Waals surface area contributed by atoms with E-state index in [1.54, 1.807) is 18.2 Å². The highest BCUT2D eigenvalue weighted by Crippen LogP contribution is 2.21.